The van der Waals surface area contributed by atoms with Gasteiger partial charge in [-0.2, -0.15) is 13.2 Å². The van der Waals surface area contributed by atoms with Crippen molar-refractivity contribution in [3.63, 3.8) is 0 Å². The van der Waals surface area contributed by atoms with E-state index in [1.165, 1.54) is 42.5 Å². The summed E-state index contributed by atoms with van der Waals surface area (Å²) < 4.78 is 87.5. The van der Waals surface area contributed by atoms with E-state index in [2.05, 4.69) is 5.32 Å². The van der Waals surface area contributed by atoms with Crippen molar-refractivity contribution in [1.82, 2.24) is 0 Å². The Morgan fingerprint density at radius 2 is 1.83 bits per heavy atom. The molecule has 36 heavy (non-hydrogen) atoms. The van der Waals surface area contributed by atoms with Gasteiger partial charge in [0.15, 0.2) is 0 Å². The van der Waals surface area contributed by atoms with E-state index in [0.717, 1.165) is 16.4 Å². The molecule has 1 aliphatic rings. The topological polar surface area (TPSA) is 95.9 Å². The van der Waals surface area contributed by atoms with E-state index in [9.17, 15) is 35.9 Å². The maximum Gasteiger partial charge on any atom is 0.417 e. The lowest BCUT2D eigenvalue weighted by molar-refractivity contribution is -0.138. The summed E-state index contributed by atoms with van der Waals surface area (Å²) in [5.41, 5.74) is -2.82. The van der Waals surface area contributed by atoms with E-state index >= 15 is 0 Å². The van der Waals surface area contributed by atoms with Gasteiger partial charge in [-0.25, -0.2) is 12.8 Å². The fourth-order valence-corrected chi connectivity index (χ4v) is 5.26. The van der Waals surface area contributed by atoms with Crippen LogP contribution in [0.4, 0.5) is 28.9 Å². The molecule has 0 saturated heterocycles. The maximum atomic E-state index is 14.2. The number of anilines is 2. The van der Waals surface area contributed by atoms with Crippen LogP contribution in [0.25, 0.3) is 0 Å². The lowest BCUT2D eigenvalue weighted by Crippen LogP contribution is -2.45. The number of alkyl halides is 3. The average molecular weight is 545 g/mol. The van der Waals surface area contributed by atoms with Crippen molar-refractivity contribution in [2.75, 3.05) is 22.8 Å². The molecule has 1 aliphatic heterocycles. The second-order valence-corrected chi connectivity index (χ2v) is 10.0. The number of amides is 1. The van der Waals surface area contributed by atoms with Gasteiger partial charge in [-0.05, 0) is 54.6 Å². The van der Waals surface area contributed by atoms with Gasteiger partial charge in [-0.15, -0.1) is 0 Å². The van der Waals surface area contributed by atoms with E-state index in [1.54, 1.807) is 0 Å². The number of aliphatic hydroxyl groups excluding tert-OH is 1. The third-order valence-corrected chi connectivity index (χ3v) is 7.35. The number of ether oxygens (including phenoxy) is 1. The Morgan fingerprint density at radius 3 is 2.47 bits per heavy atom. The van der Waals surface area contributed by atoms with Crippen molar-refractivity contribution in [3.05, 3.63) is 82.6 Å². The number of carbonyl (C=O) groups is 1. The second kappa shape index (κ2) is 9.60. The van der Waals surface area contributed by atoms with Crippen molar-refractivity contribution < 1.29 is 40.6 Å². The lowest BCUT2D eigenvalue weighted by atomic mass is 10.1. The van der Waals surface area contributed by atoms with Gasteiger partial charge in [0.1, 0.15) is 17.7 Å². The molecular formula is C23H17ClF4N2O5S. The summed E-state index contributed by atoms with van der Waals surface area (Å²) in [7, 11) is -4.20. The minimum absolute atomic E-state index is 0.0395. The fraction of sp³-hybridized carbons (Fsp3) is 0.174. The zero-order valence-electron chi connectivity index (χ0n) is 18.1. The van der Waals surface area contributed by atoms with Crippen molar-refractivity contribution >= 4 is 38.9 Å². The van der Waals surface area contributed by atoms with Crippen LogP contribution >= 0.6 is 11.6 Å². The third kappa shape index (κ3) is 4.97. The summed E-state index contributed by atoms with van der Waals surface area (Å²) in [6, 6.07) is 11.2. The van der Waals surface area contributed by atoms with Crippen molar-refractivity contribution in [2.45, 2.75) is 17.2 Å². The number of sulfonamides is 1. The van der Waals surface area contributed by atoms with Gasteiger partial charge in [0.25, 0.3) is 15.9 Å². The van der Waals surface area contributed by atoms with E-state index in [-0.39, 0.29) is 28.6 Å². The number of hydrogen-bond acceptors (Lipinski definition) is 5. The van der Waals surface area contributed by atoms with Crippen LogP contribution in [0, 0.1) is 5.82 Å². The largest absolute Gasteiger partial charge is 0.484 e. The normalized spacial score (nSPS) is 15.7. The van der Waals surface area contributed by atoms with Crippen LogP contribution in [0.2, 0.25) is 5.02 Å². The minimum atomic E-state index is -4.98. The highest BCUT2D eigenvalue weighted by molar-refractivity contribution is 7.92. The van der Waals surface area contributed by atoms with Crippen LogP contribution in [0.3, 0.4) is 0 Å². The van der Waals surface area contributed by atoms with Crippen molar-refractivity contribution in [1.29, 1.82) is 0 Å². The molecule has 3 aromatic rings. The molecule has 0 aromatic heterocycles. The van der Waals surface area contributed by atoms with Gasteiger partial charge in [0.05, 0.1) is 34.9 Å². The quantitative estimate of drug-likeness (QED) is 0.454. The average Bonchev–Trinajstić information content (AvgIpc) is 2.82. The number of rotatable bonds is 5. The first kappa shape index (κ1) is 25.7. The van der Waals surface area contributed by atoms with Gasteiger partial charge in [0.2, 0.25) is 0 Å². The molecule has 3 aromatic carbocycles. The van der Waals surface area contributed by atoms with Crippen LogP contribution in [-0.2, 0) is 16.2 Å². The molecule has 190 valence electrons. The van der Waals surface area contributed by atoms with Crippen LogP contribution in [0.5, 0.6) is 5.75 Å². The van der Waals surface area contributed by atoms with Crippen molar-refractivity contribution in [3.8, 4) is 5.75 Å². The van der Waals surface area contributed by atoms with Crippen molar-refractivity contribution in [2.24, 2.45) is 0 Å². The van der Waals surface area contributed by atoms with Crippen LogP contribution in [0.15, 0.2) is 65.6 Å². The Morgan fingerprint density at radius 1 is 1.14 bits per heavy atom. The Bertz CT molecular complexity index is 1410. The van der Waals surface area contributed by atoms with Gasteiger partial charge in [-0.3, -0.25) is 9.10 Å². The summed E-state index contributed by atoms with van der Waals surface area (Å²) >= 11 is 5.85. The molecule has 0 fully saturated rings. The number of fused-ring (bicyclic) bond motifs is 1. The zero-order chi connectivity index (χ0) is 26.3. The van der Waals surface area contributed by atoms with Gasteiger partial charge in [-0.1, -0.05) is 17.7 Å². The molecule has 2 N–H and O–H groups in total. The van der Waals surface area contributed by atoms with Gasteiger partial charge < -0.3 is 15.2 Å². The maximum absolute atomic E-state index is 14.2. The first-order valence-corrected chi connectivity index (χ1v) is 12.1. The van der Waals surface area contributed by atoms with Crippen LogP contribution in [-0.4, -0.2) is 38.7 Å². The summed E-state index contributed by atoms with van der Waals surface area (Å²) in [5, 5.41) is 12.1. The molecule has 1 heterocycles. The third-order valence-electron chi connectivity index (χ3n) is 5.30. The molecule has 13 heteroatoms. The molecule has 0 radical (unpaired) electrons. The molecule has 0 aliphatic carbocycles. The Labute approximate surface area is 207 Å². The molecule has 7 nitrogen and oxygen atoms in total. The smallest absolute Gasteiger partial charge is 0.417 e. The Balaban J connectivity index is 1.73. The molecule has 1 amide bonds. The van der Waals surface area contributed by atoms with E-state index in [1.807, 2.05) is 0 Å². The second-order valence-electron chi connectivity index (χ2n) is 7.71. The predicted molar refractivity (Wildman–Crippen MR) is 123 cm³/mol. The van der Waals surface area contributed by atoms with Crippen LogP contribution < -0.4 is 14.4 Å². The number of carbonyl (C=O) groups excluding carboxylic acids is 1. The lowest BCUT2D eigenvalue weighted by Gasteiger charge is -2.35. The molecule has 4 rings (SSSR count). The van der Waals surface area contributed by atoms with Gasteiger partial charge >= 0.3 is 6.18 Å². The summed E-state index contributed by atoms with van der Waals surface area (Å²) in [6.45, 7) is -0.796. The molecule has 0 spiro atoms. The Kier molecular flexibility index (Phi) is 6.86. The zero-order valence-corrected chi connectivity index (χ0v) is 19.7. The monoisotopic (exact) mass is 544 g/mol. The molecule has 0 saturated carbocycles. The number of aliphatic hydroxyl groups is 1. The summed E-state index contributed by atoms with van der Waals surface area (Å²) in [6.07, 6.45) is -5.89. The molecular weight excluding hydrogens is 528 g/mol. The molecule has 0 bridgehead atoms. The highest BCUT2D eigenvalue weighted by Crippen LogP contribution is 2.39. The number of hydrogen-bond donors (Lipinski definition) is 2. The minimum Gasteiger partial charge on any atom is -0.484 e. The van der Waals surface area contributed by atoms with Crippen LogP contribution in [0.1, 0.15) is 15.9 Å². The van der Waals surface area contributed by atoms with Gasteiger partial charge in [0, 0.05) is 10.7 Å². The summed E-state index contributed by atoms with van der Waals surface area (Å²) in [5.74, 6) is -2.71. The molecule has 1 atom stereocenters. The first-order valence-electron chi connectivity index (χ1n) is 10.3. The highest BCUT2D eigenvalue weighted by atomic mass is 35.5. The first-order chi connectivity index (χ1) is 16.9. The number of nitrogens with zero attached hydrogens (tertiary/aromatic N) is 1. The predicted octanol–water partition coefficient (Wildman–Crippen LogP) is 4.70. The number of halogens is 5. The van der Waals surface area contributed by atoms with E-state index in [4.69, 9.17) is 16.3 Å². The van der Waals surface area contributed by atoms with E-state index in [0.29, 0.717) is 11.1 Å². The van der Waals surface area contributed by atoms with E-state index < -0.39 is 51.8 Å². The SMILES string of the molecule is O=C(Nc1ccc2c(c1)N(S(=O)(=O)c1ccc(Cl)cc1)C[C@@H](CO)O2)c1c(F)cccc1C(F)(F)F. The molecule has 0 unspecified atom stereocenters. The Hall–Kier alpha value is -3.35. The number of nitrogens with one attached hydrogen (secondary N) is 1. The summed E-state index contributed by atoms with van der Waals surface area (Å²) in [4.78, 5) is 12.5. The standard InChI is InChI=1S/C23H17ClF4N2O5S/c24-13-4-7-16(8-5-13)36(33,34)30-11-15(12-31)35-20-9-6-14(10-19(20)30)29-22(32)21-17(23(26,27)28)2-1-3-18(21)25/h1-10,15,31H,11-12H2,(H,29,32)/t15-/m0/s1. The fourth-order valence-electron chi connectivity index (χ4n) is 3.63. The number of benzene rings is 3. The highest BCUT2D eigenvalue weighted by Gasteiger charge is 2.37.